The molecule has 0 saturated heterocycles. The van der Waals surface area contributed by atoms with Crippen molar-refractivity contribution in [1.29, 1.82) is 0 Å². The molecule has 0 aliphatic heterocycles. The van der Waals surface area contributed by atoms with Crippen LogP contribution in [0.4, 0.5) is 4.39 Å². The van der Waals surface area contributed by atoms with Crippen molar-refractivity contribution in [3.63, 3.8) is 0 Å². The van der Waals surface area contributed by atoms with Crippen LogP contribution in [0, 0.1) is 5.82 Å². The zero-order valence-electron chi connectivity index (χ0n) is 10.9. The standard InChI is InChI=1S/C14H20FNO2/c1-3-16(9-8-14(17)18)11(2)10-12-4-6-13(15)7-5-12/h4-7,11H,3,8-10H2,1-2H3,(H,17,18). The van der Waals surface area contributed by atoms with E-state index in [1.807, 2.05) is 6.92 Å². The van der Waals surface area contributed by atoms with E-state index in [4.69, 9.17) is 5.11 Å². The SMILES string of the molecule is CCN(CCC(=O)O)C(C)Cc1ccc(F)cc1. The average Bonchev–Trinajstić information content (AvgIpc) is 2.32. The first-order valence-corrected chi connectivity index (χ1v) is 6.23. The van der Waals surface area contributed by atoms with Crippen LogP contribution in [0.2, 0.25) is 0 Å². The highest BCUT2D eigenvalue weighted by atomic mass is 19.1. The topological polar surface area (TPSA) is 40.5 Å². The van der Waals surface area contributed by atoms with Gasteiger partial charge in [0.1, 0.15) is 5.82 Å². The Morgan fingerprint density at radius 3 is 2.50 bits per heavy atom. The van der Waals surface area contributed by atoms with Crippen LogP contribution < -0.4 is 0 Å². The van der Waals surface area contributed by atoms with E-state index in [0.717, 1.165) is 18.5 Å². The molecule has 0 aromatic heterocycles. The first-order chi connectivity index (χ1) is 8.52. The van der Waals surface area contributed by atoms with Crippen molar-refractivity contribution in [1.82, 2.24) is 4.90 Å². The van der Waals surface area contributed by atoms with Gasteiger partial charge in [0.2, 0.25) is 0 Å². The Morgan fingerprint density at radius 1 is 1.39 bits per heavy atom. The number of carboxylic acids is 1. The molecule has 4 heteroatoms. The first-order valence-electron chi connectivity index (χ1n) is 6.23. The minimum atomic E-state index is -0.776. The third-order valence-electron chi connectivity index (χ3n) is 3.09. The zero-order chi connectivity index (χ0) is 13.5. The van der Waals surface area contributed by atoms with Crippen molar-refractivity contribution >= 4 is 5.97 Å². The summed E-state index contributed by atoms with van der Waals surface area (Å²) in [6.45, 7) is 5.45. The molecule has 1 unspecified atom stereocenters. The minimum absolute atomic E-state index is 0.154. The van der Waals surface area contributed by atoms with Crippen LogP contribution >= 0.6 is 0 Å². The lowest BCUT2D eigenvalue weighted by atomic mass is 10.1. The van der Waals surface area contributed by atoms with Crippen LogP contribution in [0.3, 0.4) is 0 Å². The third-order valence-corrected chi connectivity index (χ3v) is 3.09. The molecule has 0 radical (unpaired) electrons. The predicted molar refractivity (Wildman–Crippen MR) is 69.1 cm³/mol. The summed E-state index contributed by atoms with van der Waals surface area (Å²) in [6.07, 6.45) is 0.954. The van der Waals surface area contributed by atoms with Gasteiger partial charge in [0.25, 0.3) is 0 Å². The van der Waals surface area contributed by atoms with Crippen molar-refractivity contribution < 1.29 is 14.3 Å². The van der Waals surface area contributed by atoms with E-state index in [1.54, 1.807) is 12.1 Å². The van der Waals surface area contributed by atoms with Crippen molar-refractivity contribution in [2.24, 2.45) is 0 Å². The second-order valence-corrected chi connectivity index (χ2v) is 4.45. The summed E-state index contributed by atoms with van der Waals surface area (Å²) in [5.74, 6) is -1.01. The van der Waals surface area contributed by atoms with Crippen LogP contribution in [-0.4, -0.2) is 35.1 Å². The van der Waals surface area contributed by atoms with Gasteiger partial charge in [0, 0.05) is 12.6 Å². The predicted octanol–water partition coefficient (Wildman–Crippen LogP) is 2.55. The highest BCUT2D eigenvalue weighted by molar-refractivity contribution is 5.66. The summed E-state index contributed by atoms with van der Waals surface area (Å²) in [4.78, 5) is 12.7. The number of likely N-dealkylation sites (N-methyl/N-ethyl adjacent to an activating group) is 1. The molecule has 0 bridgehead atoms. The second-order valence-electron chi connectivity index (χ2n) is 4.45. The number of carbonyl (C=O) groups is 1. The van der Waals surface area contributed by atoms with E-state index in [-0.39, 0.29) is 18.3 Å². The minimum Gasteiger partial charge on any atom is -0.481 e. The normalized spacial score (nSPS) is 12.7. The fourth-order valence-electron chi connectivity index (χ4n) is 2.02. The Morgan fingerprint density at radius 2 is 2.00 bits per heavy atom. The molecule has 0 spiro atoms. The number of halogens is 1. The van der Waals surface area contributed by atoms with E-state index in [0.29, 0.717) is 6.54 Å². The maximum absolute atomic E-state index is 12.8. The zero-order valence-corrected chi connectivity index (χ0v) is 10.9. The van der Waals surface area contributed by atoms with Crippen molar-refractivity contribution in [2.75, 3.05) is 13.1 Å². The van der Waals surface area contributed by atoms with Gasteiger partial charge in [-0.05, 0) is 37.6 Å². The van der Waals surface area contributed by atoms with Gasteiger partial charge in [0.15, 0.2) is 0 Å². The molecule has 100 valence electrons. The maximum Gasteiger partial charge on any atom is 0.304 e. The molecule has 0 saturated carbocycles. The first kappa shape index (κ1) is 14.6. The molecule has 18 heavy (non-hydrogen) atoms. The molecule has 3 nitrogen and oxygen atoms in total. The van der Waals surface area contributed by atoms with Crippen LogP contribution in [0.1, 0.15) is 25.8 Å². The number of rotatable bonds is 7. The van der Waals surface area contributed by atoms with E-state index < -0.39 is 5.97 Å². The quantitative estimate of drug-likeness (QED) is 0.812. The van der Waals surface area contributed by atoms with Gasteiger partial charge in [0.05, 0.1) is 6.42 Å². The van der Waals surface area contributed by atoms with E-state index in [1.165, 1.54) is 12.1 Å². The number of aliphatic carboxylic acids is 1. The van der Waals surface area contributed by atoms with E-state index in [2.05, 4.69) is 11.8 Å². The molecular formula is C14H20FNO2. The van der Waals surface area contributed by atoms with Gasteiger partial charge in [-0.2, -0.15) is 0 Å². The Kier molecular flexibility index (Phi) is 5.78. The molecular weight excluding hydrogens is 233 g/mol. The van der Waals surface area contributed by atoms with Crippen molar-refractivity contribution in [3.8, 4) is 0 Å². The second kappa shape index (κ2) is 7.11. The fourth-order valence-corrected chi connectivity index (χ4v) is 2.02. The van der Waals surface area contributed by atoms with Crippen molar-refractivity contribution in [3.05, 3.63) is 35.6 Å². The molecule has 0 amide bonds. The van der Waals surface area contributed by atoms with Gasteiger partial charge >= 0.3 is 5.97 Å². The molecule has 1 atom stereocenters. The van der Waals surface area contributed by atoms with Gasteiger partial charge in [-0.3, -0.25) is 4.79 Å². The summed E-state index contributed by atoms with van der Waals surface area (Å²) in [5, 5.41) is 8.69. The Labute approximate surface area is 107 Å². The summed E-state index contributed by atoms with van der Waals surface area (Å²) in [6, 6.07) is 6.71. The number of hydrogen-bond donors (Lipinski definition) is 1. The smallest absolute Gasteiger partial charge is 0.304 e. The highest BCUT2D eigenvalue weighted by Crippen LogP contribution is 2.10. The lowest BCUT2D eigenvalue weighted by Gasteiger charge is -2.27. The Balaban J connectivity index is 2.53. The largest absolute Gasteiger partial charge is 0.481 e. The maximum atomic E-state index is 12.8. The van der Waals surface area contributed by atoms with Gasteiger partial charge in [-0.1, -0.05) is 19.1 Å². The molecule has 0 fully saturated rings. The van der Waals surface area contributed by atoms with Gasteiger partial charge < -0.3 is 10.0 Å². The third kappa shape index (κ3) is 4.84. The number of hydrogen-bond acceptors (Lipinski definition) is 2. The lowest BCUT2D eigenvalue weighted by molar-refractivity contribution is -0.137. The monoisotopic (exact) mass is 253 g/mol. The van der Waals surface area contributed by atoms with Crippen LogP contribution in [0.25, 0.3) is 0 Å². The average molecular weight is 253 g/mol. The van der Waals surface area contributed by atoms with E-state index in [9.17, 15) is 9.18 Å². The lowest BCUT2D eigenvalue weighted by Crippen LogP contribution is -2.36. The van der Waals surface area contributed by atoms with Gasteiger partial charge in [-0.25, -0.2) is 4.39 Å². The molecule has 1 rings (SSSR count). The molecule has 1 N–H and O–H groups in total. The number of carboxylic acid groups (broad SMARTS) is 1. The molecule has 0 heterocycles. The number of nitrogens with zero attached hydrogens (tertiary/aromatic N) is 1. The molecule has 1 aromatic carbocycles. The molecule has 1 aromatic rings. The van der Waals surface area contributed by atoms with Gasteiger partial charge in [-0.15, -0.1) is 0 Å². The van der Waals surface area contributed by atoms with Crippen LogP contribution in [0.5, 0.6) is 0 Å². The van der Waals surface area contributed by atoms with Crippen LogP contribution in [0.15, 0.2) is 24.3 Å². The molecule has 0 aliphatic rings. The van der Waals surface area contributed by atoms with Crippen LogP contribution in [-0.2, 0) is 11.2 Å². The Bertz CT molecular complexity index is 378. The number of benzene rings is 1. The van der Waals surface area contributed by atoms with Crippen molar-refractivity contribution in [2.45, 2.75) is 32.7 Å². The fraction of sp³-hybridized carbons (Fsp3) is 0.500. The highest BCUT2D eigenvalue weighted by Gasteiger charge is 2.13. The summed E-state index contributed by atoms with van der Waals surface area (Å²) in [7, 11) is 0. The Hall–Kier alpha value is -1.42. The van der Waals surface area contributed by atoms with E-state index >= 15 is 0 Å². The molecule has 0 aliphatic carbocycles. The summed E-state index contributed by atoms with van der Waals surface area (Å²) >= 11 is 0. The summed E-state index contributed by atoms with van der Waals surface area (Å²) < 4.78 is 12.8. The summed E-state index contributed by atoms with van der Waals surface area (Å²) in [5.41, 5.74) is 1.07.